The molecule has 152 valence electrons. The van der Waals surface area contributed by atoms with Crippen molar-refractivity contribution in [1.82, 2.24) is 0 Å². The first-order valence-electron chi connectivity index (χ1n) is 9.56. The summed E-state index contributed by atoms with van der Waals surface area (Å²) in [6.07, 6.45) is 0. The van der Waals surface area contributed by atoms with Crippen LogP contribution in [0.15, 0.2) is 83.8 Å². The quantitative estimate of drug-likeness (QED) is 0.412. The van der Waals surface area contributed by atoms with Gasteiger partial charge in [0.2, 0.25) is 0 Å². The maximum atomic E-state index is 13.5. The van der Waals surface area contributed by atoms with Crippen LogP contribution >= 0.6 is 24.0 Å². The van der Waals surface area contributed by atoms with Crippen LogP contribution in [0.5, 0.6) is 0 Å². The van der Waals surface area contributed by atoms with Crippen molar-refractivity contribution in [3.8, 4) is 0 Å². The molecule has 0 bridgehead atoms. The standard InChI is InChI=1S/C24H15FN2O2S2/c25-16-10-12-17(13-11-16)27-23(29)21(31-24(27)30)20-18-8-4-5-9-19(18)26(22(20)28)14-15-6-2-1-3-7-15/h1-13H,14H2. The van der Waals surface area contributed by atoms with E-state index in [1.807, 2.05) is 54.6 Å². The Balaban J connectivity index is 1.58. The minimum absolute atomic E-state index is 0.232. The minimum Gasteiger partial charge on any atom is -0.303 e. The molecule has 1 saturated heterocycles. The number of thiocarbonyl (C=S) groups is 1. The van der Waals surface area contributed by atoms with Crippen LogP contribution in [0.2, 0.25) is 0 Å². The highest BCUT2D eigenvalue weighted by Crippen LogP contribution is 2.45. The third kappa shape index (κ3) is 3.36. The summed E-state index contributed by atoms with van der Waals surface area (Å²) in [5.41, 5.74) is 3.29. The van der Waals surface area contributed by atoms with Gasteiger partial charge in [-0.25, -0.2) is 4.39 Å². The van der Waals surface area contributed by atoms with Crippen LogP contribution in [0, 0.1) is 5.82 Å². The van der Waals surface area contributed by atoms with Crippen LogP contribution in [0.3, 0.4) is 0 Å². The fourth-order valence-corrected chi connectivity index (χ4v) is 5.12. The molecule has 0 atom stereocenters. The number of para-hydroxylation sites is 1. The summed E-state index contributed by atoms with van der Waals surface area (Å²) >= 11 is 6.53. The second-order valence-corrected chi connectivity index (χ2v) is 8.73. The molecule has 31 heavy (non-hydrogen) atoms. The zero-order chi connectivity index (χ0) is 21.5. The molecule has 0 saturated carbocycles. The third-order valence-electron chi connectivity index (χ3n) is 5.19. The zero-order valence-electron chi connectivity index (χ0n) is 16.1. The number of amides is 2. The van der Waals surface area contributed by atoms with E-state index in [0.717, 1.165) is 23.0 Å². The average molecular weight is 447 g/mol. The Kier molecular flexibility index (Phi) is 4.92. The number of hydrogen-bond donors (Lipinski definition) is 0. The van der Waals surface area contributed by atoms with E-state index in [0.29, 0.717) is 32.6 Å². The second-order valence-electron chi connectivity index (χ2n) is 7.08. The number of nitrogens with zero attached hydrogens (tertiary/aromatic N) is 2. The van der Waals surface area contributed by atoms with Gasteiger partial charge < -0.3 is 4.90 Å². The molecule has 2 aliphatic heterocycles. The average Bonchev–Trinajstić information content (AvgIpc) is 3.22. The van der Waals surface area contributed by atoms with Crippen LogP contribution in [-0.2, 0) is 16.1 Å². The highest BCUT2D eigenvalue weighted by molar-refractivity contribution is 8.27. The van der Waals surface area contributed by atoms with E-state index in [2.05, 4.69) is 0 Å². The number of rotatable bonds is 3. The summed E-state index contributed by atoms with van der Waals surface area (Å²) in [4.78, 5) is 30.1. The van der Waals surface area contributed by atoms with Gasteiger partial charge in [-0.2, -0.15) is 0 Å². The van der Waals surface area contributed by atoms with Gasteiger partial charge in [0.1, 0.15) is 5.82 Å². The van der Waals surface area contributed by atoms with Crippen molar-refractivity contribution in [2.24, 2.45) is 0 Å². The molecular formula is C24H15FN2O2S2. The molecule has 5 rings (SSSR count). The van der Waals surface area contributed by atoms with Crippen molar-refractivity contribution < 1.29 is 14.0 Å². The Bertz CT molecular complexity index is 1260. The summed E-state index contributed by atoms with van der Waals surface area (Å²) < 4.78 is 13.6. The molecule has 2 amide bonds. The molecule has 3 aromatic carbocycles. The number of fused-ring (bicyclic) bond motifs is 1. The van der Waals surface area contributed by atoms with Crippen molar-refractivity contribution in [2.45, 2.75) is 6.54 Å². The number of carbonyl (C=O) groups is 2. The highest BCUT2D eigenvalue weighted by atomic mass is 32.2. The summed E-state index contributed by atoms with van der Waals surface area (Å²) in [7, 11) is 0. The predicted molar refractivity (Wildman–Crippen MR) is 125 cm³/mol. The Morgan fingerprint density at radius 2 is 1.52 bits per heavy atom. The molecule has 0 N–H and O–H groups in total. The Hall–Kier alpha value is -3.29. The van der Waals surface area contributed by atoms with Crippen molar-refractivity contribution in [2.75, 3.05) is 9.80 Å². The first-order chi connectivity index (χ1) is 15.0. The van der Waals surface area contributed by atoms with Gasteiger partial charge in [-0.05, 0) is 35.9 Å². The maximum Gasteiger partial charge on any atom is 0.271 e. The molecule has 0 spiro atoms. The van der Waals surface area contributed by atoms with Crippen molar-refractivity contribution in [1.29, 1.82) is 0 Å². The molecule has 2 aliphatic rings. The van der Waals surface area contributed by atoms with Gasteiger partial charge in [-0.1, -0.05) is 72.5 Å². The molecule has 0 unspecified atom stereocenters. The minimum atomic E-state index is -0.399. The summed E-state index contributed by atoms with van der Waals surface area (Å²) in [5, 5.41) is 0. The maximum absolute atomic E-state index is 13.5. The predicted octanol–water partition coefficient (Wildman–Crippen LogP) is 5.15. The fraction of sp³-hybridized carbons (Fsp3) is 0.0417. The molecule has 7 heteroatoms. The van der Waals surface area contributed by atoms with E-state index >= 15 is 0 Å². The van der Waals surface area contributed by atoms with Gasteiger partial charge in [0, 0.05) is 5.56 Å². The summed E-state index contributed by atoms with van der Waals surface area (Å²) in [6.45, 7) is 0.401. The van der Waals surface area contributed by atoms with Gasteiger partial charge in [-0.15, -0.1) is 0 Å². The van der Waals surface area contributed by atoms with Crippen LogP contribution in [-0.4, -0.2) is 16.1 Å². The van der Waals surface area contributed by atoms with Crippen LogP contribution < -0.4 is 9.80 Å². The Morgan fingerprint density at radius 3 is 2.26 bits per heavy atom. The SMILES string of the molecule is O=C1C(=C2SC(=S)N(c3ccc(F)cc3)C2=O)c2ccccc2N1Cc1ccccc1. The van der Waals surface area contributed by atoms with E-state index in [9.17, 15) is 14.0 Å². The Morgan fingerprint density at radius 1 is 0.839 bits per heavy atom. The van der Waals surface area contributed by atoms with Crippen molar-refractivity contribution >= 4 is 57.1 Å². The van der Waals surface area contributed by atoms with E-state index < -0.39 is 5.82 Å². The second kappa shape index (κ2) is 7.76. The van der Waals surface area contributed by atoms with E-state index in [-0.39, 0.29) is 11.8 Å². The van der Waals surface area contributed by atoms with Crippen molar-refractivity contribution in [3.05, 3.63) is 101 Å². The monoisotopic (exact) mass is 446 g/mol. The van der Waals surface area contributed by atoms with E-state index in [4.69, 9.17) is 12.2 Å². The number of halogens is 1. The lowest BCUT2D eigenvalue weighted by Gasteiger charge is -2.17. The van der Waals surface area contributed by atoms with Crippen LogP contribution in [0.1, 0.15) is 11.1 Å². The topological polar surface area (TPSA) is 40.6 Å². The number of hydrogen-bond acceptors (Lipinski definition) is 4. The van der Waals surface area contributed by atoms with E-state index in [1.165, 1.54) is 29.2 Å². The molecule has 0 aliphatic carbocycles. The number of thioether (sulfide) groups is 1. The molecule has 1 fully saturated rings. The smallest absolute Gasteiger partial charge is 0.271 e. The summed E-state index contributed by atoms with van der Waals surface area (Å²) in [6, 6.07) is 22.7. The summed E-state index contributed by atoms with van der Waals surface area (Å²) in [5.74, 6) is -1.00. The van der Waals surface area contributed by atoms with E-state index in [1.54, 1.807) is 4.90 Å². The first kappa shape index (κ1) is 19.7. The molecular weight excluding hydrogens is 431 g/mol. The first-order valence-corrected chi connectivity index (χ1v) is 10.8. The van der Waals surface area contributed by atoms with Gasteiger partial charge in [-0.3, -0.25) is 14.5 Å². The largest absolute Gasteiger partial charge is 0.303 e. The van der Waals surface area contributed by atoms with Gasteiger partial charge in [0.15, 0.2) is 4.32 Å². The number of benzene rings is 3. The normalized spacial score (nSPS) is 18.2. The number of carbonyl (C=O) groups excluding carboxylic acids is 2. The fourth-order valence-electron chi connectivity index (χ4n) is 3.75. The van der Waals surface area contributed by atoms with Crippen LogP contribution in [0.4, 0.5) is 15.8 Å². The molecule has 2 heterocycles. The molecule has 3 aromatic rings. The highest BCUT2D eigenvalue weighted by Gasteiger charge is 2.42. The molecule has 4 nitrogen and oxygen atoms in total. The molecule has 0 radical (unpaired) electrons. The zero-order valence-corrected chi connectivity index (χ0v) is 17.8. The Labute approximate surface area is 188 Å². The lowest BCUT2D eigenvalue weighted by atomic mass is 10.1. The lowest BCUT2D eigenvalue weighted by molar-refractivity contribution is -0.115. The van der Waals surface area contributed by atoms with Gasteiger partial charge in [0.25, 0.3) is 11.8 Å². The van der Waals surface area contributed by atoms with Crippen LogP contribution in [0.25, 0.3) is 5.57 Å². The number of anilines is 2. The van der Waals surface area contributed by atoms with Gasteiger partial charge in [0.05, 0.1) is 28.4 Å². The lowest BCUT2D eigenvalue weighted by Crippen LogP contribution is -2.29. The molecule has 0 aromatic heterocycles. The van der Waals surface area contributed by atoms with Gasteiger partial charge >= 0.3 is 0 Å². The third-order valence-corrected chi connectivity index (χ3v) is 6.56. The van der Waals surface area contributed by atoms with Crippen molar-refractivity contribution in [3.63, 3.8) is 0 Å².